The second-order valence-corrected chi connectivity index (χ2v) is 12.8. The van der Waals surface area contributed by atoms with E-state index in [9.17, 15) is 4.79 Å². The molecule has 2 fully saturated rings. The number of hydrogen-bond donors (Lipinski definition) is 0. The monoisotopic (exact) mass is 617 g/mol. The third kappa shape index (κ3) is 6.69. The number of piperazine rings is 1. The number of nitrogens with zero attached hydrogens (tertiary/aromatic N) is 5. The molecule has 2 aliphatic rings. The number of imidazole rings is 1. The first-order valence-electron chi connectivity index (χ1n) is 16.2. The molecule has 3 heterocycles. The summed E-state index contributed by atoms with van der Waals surface area (Å²) in [7, 11) is 0. The molecule has 1 aromatic heterocycles. The van der Waals surface area contributed by atoms with Gasteiger partial charge in [0.2, 0.25) is 5.91 Å². The van der Waals surface area contributed by atoms with Crippen LogP contribution in [0, 0.1) is 5.92 Å². The topological polar surface area (TPSA) is 44.6 Å². The molecule has 2 aliphatic heterocycles. The fourth-order valence-corrected chi connectivity index (χ4v) is 7.27. The molecule has 0 unspecified atom stereocenters. The summed E-state index contributed by atoms with van der Waals surface area (Å²) in [5, 5.41) is 0.743. The van der Waals surface area contributed by atoms with Crippen molar-refractivity contribution in [3.63, 3.8) is 0 Å². The lowest BCUT2D eigenvalue weighted by molar-refractivity contribution is -0.139. The Bertz CT molecular complexity index is 1670. The van der Waals surface area contributed by atoms with Crippen LogP contribution in [0.25, 0.3) is 11.0 Å². The summed E-state index contributed by atoms with van der Waals surface area (Å²) >= 11 is 6.16. The van der Waals surface area contributed by atoms with E-state index in [1.165, 1.54) is 16.7 Å². The Labute approximate surface area is 270 Å². The van der Waals surface area contributed by atoms with Gasteiger partial charge >= 0.3 is 0 Å². The number of para-hydroxylation sites is 2. The van der Waals surface area contributed by atoms with Gasteiger partial charge < -0.3 is 9.47 Å². The van der Waals surface area contributed by atoms with Crippen molar-refractivity contribution in [1.82, 2.24) is 24.3 Å². The first kappa shape index (κ1) is 29.7. The molecule has 6 nitrogen and oxygen atoms in total. The van der Waals surface area contributed by atoms with Crippen molar-refractivity contribution in [2.45, 2.75) is 32.0 Å². The van der Waals surface area contributed by atoms with Gasteiger partial charge in [-0.15, -0.1) is 0 Å². The molecule has 2 saturated heterocycles. The van der Waals surface area contributed by atoms with E-state index in [-0.39, 0.29) is 12.0 Å². The van der Waals surface area contributed by atoms with Crippen molar-refractivity contribution >= 4 is 28.5 Å². The lowest BCUT2D eigenvalue weighted by atomic mass is 9.95. The highest BCUT2D eigenvalue weighted by Gasteiger charge is 2.33. The second kappa shape index (κ2) is 13.6. The number of benzene rings is 4. The molecule has 0 aliphatic carbocycles. The van der Waals surface area contributed by atoms with Crippen LogP contribution in [0.4, 0.5) is 0 Å². The Kier molecular flexibility index (Phi) is 8.97. The van der Waals surface area contributed by atoms with Crippen LogP contribution >= 0.6 is 11.6 Å². The first-order valence-corrected chi connectivity index (χ1v) is 16.5. The summed E-state index contributed by atoms with van der Waals surface area (Å²) in [4.78, 5) is 26.0. The van der Waals surface area contributed by atoms with Gasteiger partial charge in [-0.3, -0.25) is 14.6 Å². The maximum Gasteiger partial charge on any atom is 0.227 e. The van der Waals surface area contributed by atoms with Gasteiger partial charge in [0.1, 0.15) is 5.82 Å². The lowest BCUT2D eigenvalue weighted by Gasteiger charge is -2.42. The van der Waals surface area contributed by atoms with Crippen molar-refractivity contribution in [3.05, 3.63) is 137 Å². The molecule has 7 rings (SSSR count). The normalized spacial score (nSPS) is 18.1. The molecule has 230 valence electrons. The Morgan fingerprint density at radius 2 is 1.40 bits per heavy atom. The third-order valence-corrected chi connectivity index (χ3v) is 9.68. The predicted molar refractivity (Wildman–Crippen MR) is 181 cm³/mol. The van der Waals surface area contributed by atoms with Crippen molar-refractivity contribution < 1.29 is 4.79 Å². The molecule has 0 radical (unpaired) electrons. The van der Waals surface area contributed by atoms with Gasteiger partial charge in [0, 0.05) is 44.3 Å². The number of hydrogen-bond acceptors (Lipinski definition) is 4. The lowest BCUT2D eigenvalue weighted by Crippen LogP contribution is -2.53. The summed E-state index contributed by atoms with van der Waals surface area (Å²) < 4.78 is 2.32. The molecule has 1 atom stereocenters. The molecular weight excluding hydrogens is 578 g/mol. The summed E-state index contributed by atoms with van der Waals surface area (Å²) in [6.07, 6.45) is 1.98. The number of carbonyl (C=O) groups is 1. The largest absolute Gasteiger partial charge is 0.340 e. The van der Waals surface area contributed by atoms with Gasteiger partial charge in [-0.05, 0) is 60.3 Å². The van der Waals surface area contributed by atoms with Gasteiger partial charge in [-0.2, -0.15) is 0 Å². The van der Waals surface area contributed by atoms with Crippen molar-refractivity contribution in [3.8, 4) is 0 Å². The summed E-state index contributed by atoms with van der Waals surface area (Å²) in [5.41, 5.74) is 5.93. The Morgan fingerprint density at radius 1 is 0.756 bits per heavy atom. The highest BCUT2D eigenvalue weighted by Crippen LogP contribution is 2.30. The van der Waals surface area contributed by atoms with E-state index in [0.717, 1.165) is 87.1 Å². The SMILES string of the molecule is O=C([C@H]1CCCN(Cc2nc3ccccc3n2Cc2ccc(Cl)cc2)C1)N1CCN(C(c2ccccc2)c2ccccc2)CC1. The zero-order chi connectivity index (χ0) is 30.6. The van der Waals surface area contributed by atoms with E-state index in [0.29, 0.717) is 5.91 Å². The highest BCUT2D eigenvalue weighted by atomic mass is 35.5. The van der Waals surface area contributed by atoms with Gasteiger partial charge in [0.05, 0.1) is 29.5 Å². The summed E-state index contributed by atoms with van der Waals surface area (Å²) in [5.74, 6) is 1.38. The van der Waals surface area contributed by atoms with Crippen LogP contribution in [0.15, 0.2) is 109 Å². The molecule has 7 heteroatoms. The molecule has 0 bridgehead atoms. The molecule has 1 amide bonds. The van der Waals surface area contributed by atoms with Crippen LogP contribution in [0.2, 0.25) is 5.02 Å². The second-order valence-electron chi connectivity index (χ2n) is 12.4. The Hall–Kier alpha value is -3.97. The number of fused-ring (bicyclic) bond motifs is 1. The molecule has 0 N–H and O–H groups in total. The van der Waals surface area contributed by atoms with E-state index in [1.54, 1.807) is 0 Å². The standard InChI is InChI=1S/C38H40ClN5O/c39-33-19-17-29(18-20-33)26-44-35-16-8-7-15-34(35)40-36(44)28-41-21-9-14-32(27-41)38(45)43-24-22-42(23-25-43)37(30-10-3-1-4-11-30)31-12-5-2-6-13-31/h1-8,10-13,15-20,32,37H,9,14,21-28H2/t32-/m0/s1. The van der Waals surface area contributed by atoms with Crippen LogP contribution in [-0.4, -0.2) is 69.4 Å². The zero-order valence-corrected chi connectivity index (χ0v) is 26.4. The van der Waals surface area contributed by atoms with E-state index in [4.69, 9.17) is 16.6 Å². The fraction of sp³-hybridized carbons (Fsp3) is 0.316. The number of likely N-dealkylation sites (tertiary alicyclic amines) is 1. The van der Waals surface area contributed by atoms with Crippen LogP contribution in [-0.2, 0) is 17.9 Å². The number of carbonyl (C=O) groups excluding carboxylic acids is 1. The smallest absolute Gasteiger partial charge is 0.227 e. The van der Waals surface area contributed by atoms with Crippen molar-refractivity contribution in [1.29, 1.82) is 0 Å². The quantitative estimate of drug-likeness (QED) is 0.190. The minimum atomic E-state index is 0.0263. The Balaban J connectivity index is 1.02. The molecule has 4 aromatic carbocycles. The van der Waals surface area contributed by atoms with E-state index in [1.807, 2.05) is 18.2 Å². The molecular formula is C38H40ClN5O. The van der Waals surface area contributed by atoms with Crippen LogP contribution < -0.4 is 0 Å². The maximum atomic E-state index is 13.9. The molecule has 0 saturated carbocycles. The number of halogens is 1. The van der Waals surface area contributed by atoms with Gasteiger partial charge in [0.15, 0.2) is 0 Å². The minimum absolute atomic E-state index is 0.0263. The average molecular weight is 618 g/mol. The van der Waals surface area contributed by atoms with Crippen LogP contribution in [0.3, 0.4) is 0 Å². The molecule has 0 spiro atoms. The summed E-state index contributed by atoms with van der Waals surface area (Å²) in [6.45, 7) is 6.50. The zero-order valence-electron chi connectivity index (χ0n) is 25.6. The summed E-state index contributed by atoms with van der Waals surface area (Å²) in [6, 6.07) is 38.1. The molecule has 5 aromatic rings. The van der Waals surface area contributed by atoms with Crippen LogP contribution in [0.1, 0.15) is 41.4 Å². The minimum Gasteiger partial charge on any atom is -0.340 e. The van der Waals surface area contributed by atoms with Crippen molar-refractivity contribution in [2.24, 2.45) is 5.92 Å². The third-order valence-electron chi connectivity index (χ3n) is 9.43. The van der Waals surface area contributed by atoms with Crippen molar-refractivity contribution in [2.75, 3.05) is 39.3 Å². The van der Waals surface area contributed by atoms with Gasteiger partial charge in [0.25, 0.3) is 0 Å². The number of amides is 1. The van der Waals surface area contributed by atoms with E-state index >= 15 is 0 Å². The maximum absolute atomic E-state index is 13.9. The Morgan fingerprint density at radius 3 is 2.09 bits per heavy atom. The number of piperidine rings is 1. The van der Waals surface area contributed by atoms with Gasteiger partial charge in [-0.1, -0.05) is 96.5 Å². The van der Waals surface area contributed by atoms with E-state index < -0.39 is 0 Å². The predicted octanol–water partition coefficient (Wildman–Crippen LogP) is 6.88. The molecule has 45 heavy (non-hydrogen) atoms. The highest BCUT2D eigenvalue weighted by molar-refractivity contribution is 6.30. The number of aromatic nitrogens is 2. The average Bonchev–Trinajstić information content (AvgIpc) is 3.43. The first-order chi connectivity index (χ1) is 22.1. The fourth-order valence-electron chi connectivity index (χ4n) is 7.14. The van der Waals surface area contributed by atoms with E-state index in [2.05, 4.69) is 110 Å². The number of rotatable bonds is 8. The van der Waals surface area contributed by atoms with Gasteiger partial charge in [-0.25, -0.2) is 4.98 Å². The van der Waals surface area contributed by atoms with Crippen LogP contribution in [0.5, 0.6) is 0 Å².